The number of carboxylic acid groups (broad SMARTS) is 1. The van der Waals surface area contributed by atoms with E-state index in [2.05, 4.69) is 0 Å². The maximum absolute atomic E-state index is 13.8. The Kier molecular flexibility index (Phi) is 4.73. The summed E-state index contributed by atoms with van der Waals surface area (Å²) >= 11 is 0. The largest absolute Gasteiger partial charge is 0.545 e. The van der Waals surface area contributed by atoms with Crippen molar-refractivity contribution in [1.29, 1.82) is 0 Å². The molecule has 0 unspecified atom stereocenters. The van der Waals surface area contributed by atoms with Crippen molar-refractivity contribution >= 4 is 21.7 Å². The van der Waals surface area contributed by atoms with Gasteiger partial charge in [0.05, 0.1) is 16.6 Å². The highest BCUT2D eigenvalue weighted by Crippen LogP contribution is 2.23. The van der Waals surface area contributed by atoms with Gasteiger partial charge in [-0.05, 0) is 29.8 Å². The van der Waals surface area contributed by atoms with Gasteiger partial charge >= 0.3 is 0 Å². The average Bonchev–Trinajstić information content (AvgIpc) is 2.62. The van der Waals surface area contributed by atoms with Crippen LogP contribution in [-0.2, 0) is 10.0 Å². The first-order valence-corrected chi connectivity index (χ1v) is 9.14. The number of carbonyl (C=O) groups excluding carboxylic acids is 1. The zero-order valence-electron chi connectivity index (χ0n) is 13.3. The number of carboxylic acids is 1. The van der Waals surface area contributed by atoms with Crippen molar-refractivity contribution in [3.8, 4) is 0 Å². The zero-order valence-corrected chi connectivity index (χ0v) is 14.1. The predicted molar refractivity (Wildman–Crippen MR) is 88.1 cm³/mol. The van der Waals surface area contributed by atoms with E-state index >= 15 is 0 Å². The van der Waals surface area contributed by atoms with Gasteiger partial charge in [-0.15, -0.1) is 0 Å². The molecule has 0 bridgehead atoms. The second-order valence-electron chi connectivity index (χ2n) is 5.65. The summed E-state index contributed by atoms with van der Waals surface area (Å²) in [6, 6.07) is 11.3. The summed E-state index contributed by atoms with van der Waals surface area (Å²) in [5.74, 6) is -1.70. The molecule has 8 heteroatoms. The molecule has 0 spiro atoms. The number of aromatic carboxylic acids is 1. The first-order valence-electron chi connectivity index (χ1n) is 7.70. The number of hydrogen-bond donors (Lipinski definition) is 0. The smallest absolute Gasteiger partial charge is 0.243 e. The van der Waals surface area contributed by atoms with Gasteiger partial charge in [0.25, 0.3) is 0 Å². The van der Waals surface area contributed by atoms with Crippen LogP contribution in [0.2, 0.25) is 0 Å². The van der Waals surface area contributed by atoms with Gasteiger partial charge in [-0.25, -0.2) is 12.8 Å². The van der Waals surface area contributed by atoms with Crippen LogP contribution in [0.4, 0.5) is 10.1 Å². The van der Waals surface area contributed by atoms with Crippen LogP contribution < -0.4 is 10.0 Å². The lowest BCUT2D eigenvalue weighted by Gasteiger charge is -2.35. The number of para-hydroxylation sites is 1. The number of carbonyl (C=O) groups is 1. The fraction of sp³-hybridized carbons (Fsp3) is 0.235. The number of halogens is 1. The fourth-order valence-corrected chi connectivity index (χ4v) is 4.21. The second kappa shape index (κ2) is 6.81. The van der Waals surface area contributed by atoms with Gasteiger partial charge in [-0.1, -0.05) is 24.3 Å². The van der Waals surface area contributed by atoms with Crippen molar-refractivity contribution in [2.75, 3.05) is 31.1 Å². The summed E-state index contributed by atoms with van der Waals surface area (Å²) in [6.07, 6.45) is 0. The fourth-order valence-electron chi connectivity index (χ4n) is 2.79. The average molecular weight is 363 g/mol. The standard InChI is InChI=1S/C17H17FN2O4S/c18-15-3-1-2-4-16(15)19-9-11-20(12-10-19)25(23,24)14-7-5-13(6-8-14)17(21)22/h1-8H,9-12H2,(H,21,22)/p-1. The topological polar surface area (TPSA) is 80.7 Å². The molecule has 25 heavy (non-hydrogen) atoms. The quantitative estimate of drug-likeness (QED) is 0.799. The molecule has 1 aliphatic rings. The van der Waals surface area contributed by atoms with Crippen LogP contribution in [0.3, 0.4) is 0 Å². The molecule has 0 N–H and O–H groups in total. The van der Waals surface area contributed by atoms with Gasteiger partial charge in [-0.2, -0.15) is 4.31 Å². The molecule has 0 aromatic heterocycles. The third-order valence-corrected chi connectivity index (χ3v) is 6.07. The van der Waals surface area contributed by atoms with Gasteiger partial charge in [0.2, 0.25) is 10.0 Å². The number of piperazine rings is 1. The minimum Gasteiger partial charge on any atom is -0.545 e. The molecule has 0 aliphatic carbocycles. The van der Waals surface area contributed by atoms with E-state index in [1.807, 2.05) is 0 Å². The van der Waals surface area contributed by atoms with Crippen molar-refractivity contribution in [3.63, 3.8) is 0 Å². The highest BCUT2D eigenvalue weighted by molar-refractivity contribution is 7.89. The van der Waals surface area contributed by atoms with E-state index in [-0.39, 0.29) is 29.4 Å². The molecule has 1 saturated heterocycles. The number of rotatable bonds is 4. The van der Waals surface area contributed by atoms with E-state index < -0.39 is 16.0 Å². The molecule has 2 aromatic carbocycles. The molecular formula is C17H16FN2O4S-. The lowest BCUT2D eigenvalue weighted by atomic mass is 10.2. The molecule has 0 amide bonds. The van der Waals surface area contributed by atoms with E-state index in [1.165, 1.54) is 34.6 Å². The molecule has 1 fully saturated rings. The SMILES string of the molecule is O=C([O-])c1ccc(S(=O)(=O)N2CCN(c3ccccc3F)CC2)cc1. The lowest BCUT2D eigenvalue weighted by molar-refractivity contribution is -0.255. The molecule has 0 atom stereocenters. The Balaban J connectivity index is 1.73. The number of benzene rings is 2. The maximum atomic E-state index is 13.8. The van der Waals surface area contributed by atoms with Crippen LogP contribution in [0.5, 0.6) is 0 Å². The van der Waals surface area contributed by atoms with Gasteiger partial charge in [0.1, 0.15) is 5.82 Å². The Hall–Kier alpha value is -2.45. The van der Waals surface area contributed by atoms with Gasteiger partial charge in [0.15, 0.2) is 0 Å². The third-order valence-electron chi connectivity index (χ3n) is 4.16. The molecule has 0 saturated carbocycles. The van der Waals surface area contributed by atoms with E-state index in [0.717, 1.165) is 0 Å². The molecule has 1 heterocycles. The Morgan fingerprint density at radius 3 is 2.12 bits per heavy atom. The van der Waals surface area contributed by atoms with Crippen LogP contribution in [0, 0.1) is 5.82 Å². The zero-order chi connectivity index (χ0) is 18.0. The van der Waals surface area contributed by atoms with Crippen molar-refractivity contribution in [1.82, 2.24) is 4.31 Å². The van der Waals surface area contributed by atoms with Crippen molar-refractivity contribution in [2.45, 2.75) is 4.90 Å². The Bertz CT molecular complexity index is 876. The normalized spacial score (nSPS) is 16.0. The maximum Gasteiger partial charge on any atom is 0.243 e. The first-order chi connectivity index (χ1) is 11.9. The summed E-state index contributed by atoms with van der Waals surface area (Å²) in [4.78, 5) is 12.6. The summed E-state index contributed by atoms with van der Waals surface area (Å²) in [6.45, 7) is 1.19. The van der Waals surface area contributed by atoms with E-state index in [0.29, 0.717) is 18.8 Å². The number of nitrogens with zero attached hydrogens (tertiary/aromatic N) is 2. The third kappa shape index (κ3) is 3.49. The molecule has 132 valence electrons. The molecule has 2 aromatic rings. The molecule has 3 rings (SSSR count). The molecule has 0 radical (unpaired) electrons. The van der Waals surface area contributed by atoms with Gasteiger partial charge < -0.3 is 14.8 Å². The summed E-state index contributed by atoms with van der Waals surface area (Å²) in [5, 5.41) is 10.8. The first kappa shape index (κ1) is 17.4. The Morgan fingerprint density at radius 1 is 0.960 bits per heavy atom. The van der Waals surface area contributed by atoms with Crippen LogP contribution in [0.1, 0.15) is 10.4 Å². The van der Waals surface area contributed by atoms with E-state index in [9.17, 15) is 22.7 Å². The summed E-state index contributed by atoms with van der Waals surface area (Å²) < 4.78 is 40.5. The minimum atomic E-state index is -3.72. The summed E-state index contributed by atoms with van der Waals surface area (Å²) in [5.41, 5.74) is 0.376. The van der Waals surface area contributed by atoms with Gasteiger partial charge in [-0.3, -0.25) is 0 Å². The van der Waals surface area contributed by atoms with E-state index in [4.69, 9.17) is 0 Å². The van der Waals surface area contributed by atoms with Crippen LogP contribution in [0.25, 0.3) is 0 Å². The highest BCUT2D eigenvalue weighted by Gasteiger charge is 2.29. The lowest BCUT2D eigenvalue weighted by Crippen LogP contribution is -2.48. The van der Waals surface area contributed by atoms with Crippen LogP contribution >= 0.6 is 0 Å². The van der Waals surface area contributed by atoms with Crippen molar-refractivity contribution in [3.05, 3.63) is 59.9 Å². The number of sulfonamides is 1. The second-order valence-corrected chi connectivity index (χ2v) is 7.59. The monoisotopic (exact) mass is 363 g/mol. The molecule has 6 nitrogen and oxygen atoms in total. The molecule has 1 aliphatic heterocycles. The highest BCUT2D eigenvalue weighted by atomic mass is 32.2. The molecular weight excluding hydrogens is 347 g/mol. The van der Waals surface area contributed by atoms with Crippen LogP contribution in [-0.4, -0.2) is 44.9 Å². The van der Waals surface area contributed by atoms with Gasteiger partial charge in [0, 0.05) is 26.2 Å². The minimum absolute atomic E-state index is 0.0249. The van der Waals surface area contributed by atoms with Crippen molar-refractivity contribution in [2.24, 2.45) is 0 Å². The summed E-state index contributed by atoms with van der Waals surface area (Å²) in [7, 11) is -3.72. The van der Waals surface area contributed by atoms with Crippen molar-refractivity contribution < 1.29 is 22.7 Å². The number of anilines is 1. The Morgan fingerprint density at radius 2 is 1.56 bits per heavy atom. The Labute approximate surface area is 145 Å². The predicted octanol–water partition coefficient (Wildman–Crippen LogP) is 0.700. The van der Waals surface area contributed by atoms with Crippen LogP contribution in [0.15, 0.2) is 53.4 Å². The number of hydrogen-bond acceptors (Lipinski definition) is 5. The van der Waals surface area contributed by atoms with E-state index in [1.54, 1.807) is 23.1 Å².